The van der Waals surface area contributed by atoms with Crippen molar-refractivity contribution in [3.63, 3.8) is 0 Å². The summed E-state index contributed by atoms with van der Waals surface area (Å²) in [6.45, 7) is 28.7. The summed E-state index contributed by atoms with van der Waals surface area (Å²) in [5.74, 6) is 0. The Balaban J connectivity index is 2.35. The lowest BCUT2D eigenvalue weighted by atomic mass is 9.73. The lowest BCUT2D eigenvalue weighted by molar-refractivity contribution is 0.638. The van der Waals surface area contributed by atoms with Gasteiger partial charge in [0.15, 0.2) is 0 Å². The molecular weight excluding hydrogens is 424 g/mol. The van der Waals surface area contributed by atoms with E-state index in [1.54, 1.807) is 10.6 Å². The maximum atomic E-state index is 4.10. The van der Waals surface area contributed by atoms with Crippen LogP contribution in [0, 0.1) is 13.8 Å². The van der Waals surface area contributed by atoms with E-state index in [1.807, 2.05) is 0 Å². The van der Waals surface area contributed by atoms with Crippen LogP contribution in [0.4, 0.5) is 11.4 Å². The summed E-state index contributed by atoms with van der Waals surface area (Å²) in [5, 5.41) is 7.25. The van der Waals surface area contributed by atoms with E-state index in [0.29, 0.717) is 22.6 Å². The minimum atomic E-state index is -0.249. The van der Waals surface area contributed by atoms with Crippen LogP contribution in [0.25, 0.3) is 0 Å². The van der Waals surface area contributed by atoms with E-state index in [2.05, 4.69) is 113 Å². The summed E-state index contributed by atoms with van der Waals surface area (Å²) in [7, 11) is -0.497. The third-order valence-electron chi connectivity index (χ3n) is 6.90. The van der Waals surface area contributed by atoms with E-state index < -0.39 is 0 Å². The van der Waals surface area contributed by atoms with Crippen LogP contribution in [0.15, 0.2) is 24.3 Å². The van der Waals surface area contributed by atoms with Crippen LogP contribution in [0.3, 0.4) is 0 Å². The fourth-order valence-electron chi connectivity index (χ4n) is 5.77. The first-order valence-electron chi connectivity index (χ1n) is 12.4. The van der Waals surface area contributed by atoms with Crippen molar-refractivity contribution in [2.75, 3.05) is 5.32 Å². The first-order chi connectivity index (χ1) is 14.8. The second-order valence-electron chi connectivity index (χ2n) is 11.4. The molecule has 0 amide bonds. The van der Waals surface area contributed by atoms with Gasteiger partial charge in [-0.25, -0.2) is 0 Å². The van der Waals surface area contributed by atoms with Crippen molar-refractivity contribution >= 4 is 37.8 Å². The van der Waals surface area contributed by atoms with Crippen molar-refractivity contribution in [1.29, 1.82) is 0 Å². The van der Waals surface area contributed by atoms with Gasteiger partial charge in [0.2, 0.25) is 0 Å². The van der Waals surface area contributed by atoms with Crippen molar-refractivity contribution < 1.29 is 0 Å². The van der Waals surface area contributed by atoms with Crippen LogP contribution in [-0.4, -0.2) is 22.6 Å². The number of fused-ring (bicyclic) bond motifs is 2. The Hall–Kier alpha value is -0.900. The third kappa shape index (κ3) is 4.55. The lowest BCUT2D eigenvalue weighted by Gasteiger charge is -2.42. The van der Waals surface area contributed by atoms with Gasteiger partial charge in [-0.2, -0.15) is 0 Å². The molecule has 0 atom stereocenters. The SMILES string of the molecule is Cc1cc(P(C(C)C)C(C)C)c2c(c1)C(C)(C)c1cc(C)cc(P(C(C)C)C(C)C)c1N2. The summed E-state index contributed by atoms with van der Waals surface area (Å²) in [6.07, 6.45) is 0. The molecule has 0 aromatic heterocycles. The van der Waals surface area contributed by atoms with Gasteiger partial charge in [0, 0.05) is 16.0 Å². The molecule has 2 aromatic rings. The number of anilines is 2. The molecular formula is C29H45NP2. The maximum Gasteiger partial charge on any atom is 0.0504 e. The molecule has 3 heteroatoms. The van der Waals surface area contributed by atoms with Crippen LogP contribution in [-0.2, 0) is 5.41 Å². The van der Waals surface area contributed by atoms with Gasteiger partial charge in [-0.05, 0) is 59.7 Å². The van der Waals surface area contributed by atoms with E-state index in [0.717, 1.165) is 0 Å². The van der Waals surface area contributed by atoms with E-state index in [4.69, 9.17) is 0 Å². The number of rotatable bonds is 6. The topological polar surface area (TPSA) is 12.0 Å². The summed E-state index contributed by atoms with van der Waals surface area (Å²) in [4.78, 5) is 0. The maximum absolute atomic E-state index is 4.10. The number of nitrogens with one attached hydrogen (secondary N) is 1. The van der Waals surface area contributed by atoms with Gasteiger partial charge >= 0.3 is 0 Å². The third-order valence-corrected chi connectivity index (χ3v) is 13.2. The molecule has 1 aliphatic rings. The Kier molecular flexibility index (Phi) is 7.55. The van der Waals surface area contributed by atoms with E-state index in [1.165, 1.54) is 33.6 Å². The van der Waals surface area contributed by atoms with E-state index in [9.17, 15) is 0 Å². The quantitative estimate of drug-likeness (QED) is 0.418. The number of hydrogen-bond donors (Lipinski definition) is 1. The average Bonchev–Trinajstić information content (AvgIpc) is 2.62. The standard InChI is InChI=1S/C29H45NP2/c1-17(2)31(18(3)4)25-15-21(9)13-23-27(25)30-28-24(29(23,11)12)14-22(10)16-26(28)32(19(5)6)20(7)8/h13-20,30H,1-12H3. The molecule has 0 unspecified atom stereocenters. The molecule has 1 nitrogen and oxygen atoms in total. The van der Waals surface area contributed by atoms with Crippen LogP contribution in [0.1, 0.15) is 91.5 Å². The van der Waals surface area contributed by atoms with Crippen molar-refractivity contribution in [3.8, 4) is 0 Å². The van der Waals surface area contributed by atoms with Gasteiger partial charge in [0.05, 0.1) is 11.4 Å². The molecule has 0 radical (unpaired) electrons. The molecule has 0 spiro atoms. The fourth-order valence-corrected chi connectivity index (χ4v) is 12.0. The van der Waals surface area contributed by atoms with E-state index in [-0.39, 0.29) is 21.3 Å². The average molecular weight is 470 g/mol. The smallest absolute Gasteiger partial charge is 0.0504 e. The van der Waals surface area contributed by atoms with Crippen LogP contribution in [0.2, 0.25) is 0 Å². The second kappa shape index (κ2) is 9.39. The van der Waals surface area contributed by atoms with Crippen molar-refractivity contribution in [2.45, 2.75) is 111 Å². The van der Waals surface area contributed by atoms with Gasteiger partial charge in [0.1, 0.15) is 0 Å². The van der Waals surface area contributed by atoms with Crippen LogP contribution in [0.5, 0.6) is 0 Å². The van der Waals surface area contributed by atoms with Crippen molar-refractivity contribution in [3.05, 3.63) is 46.5 Å². The van der Waals surface area contributed by atoms with Gasteiger partial charge in [-0.1, -0.05) is 108 Å². The van der Waals surface area contributed by atoms with Gasteiger partial charge < -0.3 is 5.32 Å². The molecule has 0 aliphatic carbocycles. The molecule has 176 valence electrons. The highest BCUT2D eigenvalue weighted by Gasteiger charge is 2.38. The summed E-state index contributed by atoms with van der Waals surface area (Å²) < 4.78 is 0. The largest absolute Gasteiger partial charge is 0.354 e. The Bertz CT molecular complexity index is 892. The Morgan fingerprint density at radius 3 is 1.19 bits per heavy atom. The fraction of sp³-hybridized carbons (Fsp3) is 0.586. The Morgan fingerprint density at radius 1 is 0.594 bits per heavy atom. The summed E-state index contributed by atoms with van der Waals surface area (Å²) in [5.41, 5.74) is 11.2. The Morgan fingerprint density at radius 2 is 0.906 bits per heavy atom. The molecule has 32 heavy (non-hydrogen) atoms. The molecule has 0 bridgehead atoms. The summed E-state index contributed by atoms with van der Waals surface area (Å²) >= 11 is 0. The van der Waals surface area contributed by atoms with Crippen LogP contribution < -0.4 is 15.9 Å². The molecule has 0 fully saturated rings. The molecule has 2 aromatic carbocycles. The lowest BCUT2D eigenvalue weighted by Crippen LogP contribution is -2.34. The molecule has 1 heterocycles. The predicted octanol–water partition coefficient (Wildman–Crippen LogP) is 8.53. The van der Waals surface area contributed by atoms with Crippen molar-refractivity contribution in [1.82, 2.24) is 0 Å². The van der Waals surface area contributed by atoms with Gasteiger partial charge in [0.25, 0.3) is 0 Å². The predicted molar refractivity (Wildman–Crippen MR) is 151 cm³/mol. The first kappa shape index (κ1) is 25.7. The molecule has 0 saturated carbocycles. The normalized spacial score (nSPS) is 15.2. The zero-order valence-electron chi connectivity index (χ0n) is 22.5. The molecule has 1 N–H and O–H groups in total. The molecule has 3 rings (SSSR count). The highest BCUT2D eigenvalue weighted by Crippen LogP contribution is 2.55. The number of aryl methyl sites for hydroxylation is 2. The minimum Gasteiger partial charge on any atom is -0.354 e. The zero-order chi connectivity index (χ0) is 24.1. The second-order valence-corrected chi connectivity index (χ2v) is 18.1. The minimum absolute atomic E-state index is 0.0125. The highest BCUT2D eigenvalue weighted by molar-refractivity contribution is 7.67. The first-order valence-corrected chi connectivity index (χ1v) is 15.4. The number of benzene rings is 2. The number of hydrogen-bond acceptors (Lipinski definition) is 1. The molecule has 1 aliphatic heterocycles. The molecule has 0 saturated heterocycles. The van der Waals surface area contributed by atoms with E-state index >= 15 is 0 Å². The van der Waals surface area contributed by atoms with Gasteiger partial charge in [-0.3, -0.25) is 0 Å². The monoisotopic (exact) mass is 469 g/mol. The van der Waals surface area contributed by atoms with Crippen molar-refractivity contribution in [2.24, 2.45) is 0 Å². The van der Waals surface area contributed by atoms with Crippen LogP contribution >= 0.6 is 15.8 Å². The summed E-state index contributed by atoms with van der Waals surface area (Å²) in [6, 6.07) is 9.86. The highest BCUT2D eigenvalue weighted by atomic mass is 31.1. The van der Waals surface area contributed by atoms with Gasteiger partial charge in [-0.15, -0.1) is 0 Å². The zero-order valence-corrected chi connectivity index (χ0v) is 24.3. The Labute approximate surface area is 200 Å².